The normalized spacial score (nSPS) is 20.2. The summed E-state index contributed by atoms with van der Waals surface area (Å²) in [7, 11) is 0. The van der Waals surface area contributed by atoms with Crippen LogP contribution in [0.5, 0.6) is 5.75 Å². The van der Waals surface area contributed by atoms with E-state index in [2.05, 4.69) is 5.10 Å². The number of carbonyl (C=O) groups excluding carboxylic acids is 1. The van der Waals surface area contributed by atoms with Crippen molar-refractivity contribution < 1.29 is 27.8 Å². The average Bonchev–Trinajstić information content (AvgIpc) is 2.92. The maximum absolute atomic E-state index is 13.4. The SMILES string of the molecule is Cc1cc(OCC(=O)N2N=C(CCC(C)C)C[C@]2(O)C(F)(F)F)ccc1Cl. The second kappa shape index (κ2) is 8.06. The van der Waals surface area contributed by atoms with Crippen molar-refractivity contribution in [3.05, 3.63) is 28.8 Å². The molecule has 1 N–H and O–H groups in total. The number of hydrazone groups is 1. The maximum Gasteiger partial charge on any atom is 0.438 e. The average molecular weight is 407 g/mol. The van der Waals surface area contributed by atoms with Crippen LogP contribution in [0.2, 0.25) is 5.02 Å². The van der Waals surface area contributed by atoms with Crippen molar-refractivity contribution >= 4 is 23.2 Å². The molecule has 0 saturated carbocycles. The van der Waals surface area contributed by atoms with Crippen LogP contribution in [0.25, 0.3) is 0 Å². The summed E-state index contributed by atoms with van der Waals surface area (Å²) >= 11 is 5.90. The Bertz CT molecular complexity index is 737. The highest BCUT2D eigenvalue weighted by molar-refractivity contribution is 6.31. The fourth-order valence-electron chi connectivity index (χ4n) is 2.61. The number of rotatable bonds is 6. The first kappa shape index (κ1) is 21.5. The lowest BCUT2D eigenvalue weighted by Gasteiger charge is -2.32. The first-order valence-electron chi connectivity index (χ1n) is 8.51. The van der Waals surface area contributed by atoms with Crippen LogP contribution in [0.4, 0.5) is 13.2 Å². The van der Waals surface area contributed by atoms with Crippen LogP contribution in [0.15, 0.2) is 23.3 Å². The molecular weight excluding hydrogens is 385 g/mol. The van der Waals surface area contributed by atoms with Gasteiger partial charge in [-0.3, -0.25) is 4.79 Å². The van der Waals surface area contributed by atoms with E-state index in [9.17, 15) is 23.1 Å². The topological polar surface area (TPSA) is 62.1 Å². The van der Waals surface area contributed by atoms with Gasteiger partial charge in [0, 0.05) is 17.2 Å². The molecule has 0 aliphatic carbocycles. The molecule has 2 rings (SSSR count). The number of ether oxygens (including phenoxy) is 1. The lowest BCUT2D eigenvalue weighted by atomic mass is 9.99. The van der Waals surface area contributed by atoms with Gasteiger partial charge in [0.25, 0.3) is 11.6 Å². The highest BCUT2D eigenvalue weighted by Crippen LogP contribution is 2.41. The summed E-state index contributed by atoms with van der Waals surface area (Å²) in [5.74, 6) is -0.543. The smallest absolute Gasteiger partial charge is 0.438 e. The van der Waals surface area contributed by atoms with Gasteiger partial charge in [0.2, 0.25) is 0 Å². The molecule has 1 atom stereocenters. The molecule has 1 aromatic rings. The predicted molar refractivity (Wildman–Crippen MR) is 95.7 cm³/mol. The Balaban J connectivity index is 2.14. The maximum atomic E-state index is 13.4. The highest BCUT2D eigenvalue weighted by Gasteiger charge is 2.63. The highest BCUT2D eigenvalue weighted by atomic mass is 35.5. The van der Waals surface area contributed by atoms with E-state index in [-0.39, 0.29) is 28.8 Å². The van der Waals surface area contributed by atoms with E-state index in [0.717, 1.165) is 0 Å². The van der Waals surface area contributed by atoms with Crippen LogP contribution in [0.3, 0.4) is 0 Å². The second-order valence-electron chi connectivity index (χ2n) is 7.00. The summed E-state index contributed by atoms with van der Waals surface area (Å²) in [5.41, 5.74) is -2.52. The molecular formula is C18H22ClF3N2O3. The molecule has 1 amide bonds. The van der Waals surface area contributed by atoms with Crippen molar-refractivity contribution in [3.8, 4) is 5.75 Å². The fraction of sp³-hybridized carbons (Fsp3) is 0.556. The summed E-state index contributed by atoms with van der Waals surface area (Å²) in [5, 5.41) is 14.5. The Morgan fingerprint density at radius 1 is 1.44 bits per heavy atom. The zero-order chi connectivity index (χ0) is 20.4. The standard InChI is InChI=1S/C18H22ClF3N2O3/c1-11(2)4-5-13-9-17(26,18(20,21)22)24(23-13)16(25)10-27-14-6-7-15(19)12(3)8-14/h6-8,11,26H,4-5,9-10H2,1-3H3/t17-/m0/s1. The van der Waals surface area contributed by atoms with Crippen LogP contribution in [-0.2, 0) is 4.79 Å². The zero-order valence-electron chi connectivity index (χ0n) is 15.3. The molecule has 0 saturated heterocycles. The minimum atomic E-state index is -5.04. The zero-order valence-corrected chi connectivity index (χ0v) is 16.1. The van der Waals surface area contributed by atoms with Crippen molar-refractivity contribution in [3.63, 3.8) is 0 Å². The lowest BCUT2D eigenvalue weighted by molar-refractivity contribution is -0.302. The van der Waals surface area contributed by atoms with Crippen molar-refractivity contribution in [2.75, 3.05) is 6.61 Å². The molecule has 5 nitrogen and oxygen atoms in total. The molecule has 0 radical (unpaired) electrons. The van der Waals surface area contributed by atoms with Gasteiger partial charge in [0.1, 0.15) is 5.75 Å². The first-order chi connectivity index (χ1) is 12.4. The Labute approximate surface area is 160 Å². The molecule has 0 bridgehead atoms. The summed E-state index contributed by atoms with van der Waals surface area (Å²) in [4.78, 5) is 12.3. The minimum Gasteiger partial charge on any atom is -0.484 e. The van der Waals surface area contributed by atoms with E-state index >= 15 is 0 Å². The van der Waals surface area contributed by atoms with Crippen molar-refractivity contribution in [1.29, 1.82) is 0 Å². The molecule has 150 valence electrons. The summed E-state index contributed by atoms with van der Waals surface area (Å²) in [6.45, 7) is 4.89. The third-order valence-electron chi connectivity index (χ3n) is 4.23. The number of halogens is 4. The third kappa shape index (κ3) is 4.93. The number of amides is 1. The Morgan fingerprint density at radius 2 is 2.11 bits per heavy atom. The summed E-state index contributed by atoms with van der Waals surface area (Å²) < 4.78 is 45.5. The largest absolute Gasteiger partial charge is 0.484 e. The van der Waals surface area contributed by atoms with Crippen LogP contribution in [-0.4, -0.2) is 40.2 Å². The van der Waals surface area contributed by atoms with Gasteiger partial charge in [-0.15, -0.1) is 0 Å². The molecule has 0 spiro atoms. The molecule has 27 heavy (non-hydrogen) atoms. The number of aliphatic hydroxyl groups is 1. The summed E-state index contributed by atoms with van der Waals surface area (Å²) in [6, 6.07) is 4.62. The van der Waals surface area contributed by atoms with Crippen LogP contribution in [0.1, 0.15) is 38.7 Å². The van der Waals surface area contributed by atoms with Gasteiger partial charge in [0.05, 0.1) is 0 Å². The lowest BCUT2D eigenvalue weighted by Crippen LogP contribution is -2.57. The minimum absolute atomic E-state index is 0.103. The molecule has 1 aromatic carbocycles. The third-order valence-corrected chi connectivity index (χ3v) is 4.66. The Kier molecular flexibility index (Phi) is 6.42. The monoisotopic (exact) mass is 406 g/mol. The van der Waals surface area contributed by atoms with E-state index in [1.54, 1.807) is 19.1 Å². The van der Waals surface area contributed by atoms with Gasteiger partial charge in [-0.25, -0.2) is 0 Å². The van der Waals surface area contributed by atoms with E-state index in [1.165, 1.54) is 6.07 Å². The van der Waals surface area contributed by atoms with Gasteiger partial charge >= 0.3 is 6.18 Å². The molecule has 9 heteroatoms. The molecule has 0 unspecified atom stereocenters. The van der Waals surface area contributed by atoms with E-state index in [4.69, 9.17) is 16.3 Å². The second-order valence-corrected chi connectivity index (χ2v) is 7.40. The quantitative estimate of drug-likeness (QED) is 0.766. The van der Waals surface area contributed by atoms with Crippen LogP contribution >= 0.6 is 11.6 Å². The number of hydrogen-bond donors (Lipinski definition) is 1. The number of nitrogens with zero attached hydrogens (tertiary/aromatic N) is 2. The number of alkyl halides is 3. The van der Waals surface area contributed by atoms with Crippen LogP contribution < -0.4 is 4.74 Å². The molecule has 1 aliphatic rings. The summed E-state index contributed by atoms with van der Waals surface area (Å²) in [6.07, 6.45) is -4.91. The van der Waals surface area contributed by atoms with Gasteiger partial charge in [-0.1, -0.05) is 25.4 Å². The number of carbonyl (C=O) groups is 1. The predicted octanol–water partition coefficient (Wildman–Crippen LogP) is 4.30. The van der Waals surface area contributed by atoms with E-state index < -0.39 is 30.8 Å². The van der Waals surface area contributed by atoms with Gasteiger partial charge < -0.3 is 9.84 Å². The Morgan fingerprint density at radius 3 is 2.67 bits per heavy atom. The fourth-order valence-corrected chi connectivity index (χ4v) is 2.73. The van der Waals surface area contributed by atoms with Crippen molar-refractivity contribution in [1.82, 2.24) is 5.01 Å². The van der Waals surface area contributed by atoms with E-state index in [1.807, 2.05) is 13.8 Å². The van der Waals surface area contributed by atoms with Gasteiger partial charge in [-0.05, 0) is 49.4 Å². The number of hydrogen-bond acceptors (Lipinski definition) is 4. The van der Waals surface area contributed by atoms with Crippen molar-refractivity contribution in [2.45, 2.75) is 51.9 Å². The van der Waals surface area contributed by atoms with Gasteiger partial charge in [-0.2, -0.15) is 23.3 Å². The molecule has 0 fully saturated rings. The number of aryl methyl sites for hydroxylation is 1. The molecule has 1 aliphatic heterocycles. The van der Waals surface area contributed by atoms with Crippen LogP contribution in [0, 0.1) is 12.8 Å². The van der Waals surface area contributed by atoms with E-state index in [0.29, 0.717) is 17.0 Å². The Hall–Kier alpha value is -1.80. The number of benzene rings is 1. The first-order valence-corrected chi connectivity index (χ1v) is 8.89. The van der Waals surface area contributed by atoms with Gasteiger partial charge in [0.15, 0.2) is 6.61 Å². The molecule has 0 aromatic heterocycles. The molecule has 1 heterocycles. The van der Waals surface area contributed by atoms with Crippen molar-refractivity contribution in [2.24, 2.45) is 11.0 Å².